The van der Waals surface area contributed by atoms with Crippen LogP contribution in [0.5, 0.6) is 0 Å². The molecule has 0 bridgehead atoms. The number of hydrogen-bond acceptors (Lipinski definition) is 3. The van der Waals surface area contributed by atoms with Crippen molar-refractivity contribution in [2.75, 3.05) is 0 Å². The van der Waals surface area contributed by atoms with Crippen LogP contribution >= 0.6 is 0 Å². The molecule has 4 nitrogen and oxygen atoms in total. The molecule has 1 aliphatic heterocycles. The Bertz CT molecular complexity index is 489. The summed E-state index contributed by atoms with van der Waals surface area (Å²) in [4.78, 5) is 14.9. The number of nitrogens with zero attached hydrogens (tertiary/aromatic N) is 2. The Hall–Kier alpha value is -1.32. The lowest BCUT2D eigenvalue weighted by Gasteiger charge is -2.33. The minimum atomic E-state index is 0.251. The van der Waals surface area contributed by atoms with Crippen molar-refractivity contribution in [3.8, 4) is 0 Å². The summed E-state index contributed by atoms with van der Waals surface area (Å²) in [6.07, 6.45) is 6.70. The molecular weight excluding hydrogens is 252 g/mol. The van der Waals surface area contributed by atoms with Gasteiger partial charge in [0, 0.05) is 17.6 Å². The lowest BCUT2D eigenvalue weighted by atomic mass is 9.85. The van der Waals surface area contributed by atoms with E-state index in [0.29, 0.717) is 18.5 Å². The topological polar surface area (TPSA) is 46.3 Å². The van der Waals surface area contributed by atoms with Gasteiger partial charge in [-0.1, -0.05) is 18.0 Å². The Labute approximate surface area is 120 Å². The summed E-state index contributed by atoms with van der Waals surface area (Å²) in [6, 6.07) is 0.864. The minimum absolute atomic E-state index is 0.251. The van der Waals surface area contributed by atoms with Gasteiger partial charge < -0.3 is 9.42 Å². The number of likely N-dealkylation sites (tertiary alicyclic amines) is 1. The second-order valence-electron chi connectivity index (χ2n) is 6.48. The van der Waals surface area contributed by atoms with Crippen LogP contribution in [0, 0.1) is 19.8 Å². The molecule has 0 N–H and O–H groups in total. The van der Waals surface area contributed by atoms with Crippen LogP contribution in [0.4, 0.5) is 0 Å². The maximum absolute atomic E-state index is 12.7. The largest absolute Gasteiger partial charge is 0.361 e. The van der Waals surface area contributed by atoms with Crippen molar-refractivity contribution in [3.63, 3.8) is 0 Å². The number of rotatable bonds is 2. The SMILES string of the molecule is Cc1noc(C)c1CC(=O)N1[C@H](C)C[C@@H]2CCCC[C@@H]21. The molecular formula is C16H24N2O2. The molecule has 1 saturated carbocycles. The molecule has 1 saturated heterocycles. The van der Waals surface area contributed by atoms with Gasteiger partial charge in [0.05, 0.1) is 12.1 Å². The highest BCUT2D eigenvalue weighted by molar-refractivity contribution is 5.80. The molecule has 3 rings (SSSR count). The van der Waals surface area contributed by atoms with Crippen molar-refractivity contribution in [1.82, 2.24) is 10.1 Å². The zero-order valence-corrected chi connectivity index (χ0v) is 12.7. The molecule has 0 aromatic carbocycles. The molecule has 110 valence electrons. The zero-order valence-electron chi connectivity index (χ0n) is 12.7. The average molecular weight is 276 g/mol. The first-order chi connectivity index (χ1) is 9.58. The first kappa shape index (κ1) is 13.7. The summed E-state index contributed by atoms with van der Waals surface area (Å²) in [6.45, 7) is 6.00. The summed E-state index contributed by atoms with van der Waals surface area (Å²) < 4.78 is 5.17. The fourth-order valence-corrected chi connectivity index (χ4v) is 4.14. The summed E-state index contributed by atoms with van der Waals surface area (Å²) in [5.41, 5.74) is 1.82. The van der Waals surface area contributed by atoms with Gasteiger partial charge in [-0.05, 0) is 46.0 Å². The van der Waals surface area contributed by atoms with Crippen LogP contribution in [0.1, 0.15) is 56.0 Å². The molecule has 2 fully saturated rings. The van der Waals surface area contributed by atoms with Gasteiger partial charge in [0.15, 0.2) is 0 Å². The highest BCUT2D eigenvalue weighted by Crippen LogP contribution is 2.39. The van der Waals surface area contributed by atoms with Gasteiger partial charge in [-0.2, -0.15) is 0 Å². The Morgan fingerprint density at radius 3 is 2.80 bits per heavy atom. The third-order valence-electron chi connectivity index (χ3n) is 5.14. The predicted molar refractivity (Wildman–Crippen MR) is 76.4 cm³/mol. The first-order valence-corrected chi connectivity index (χ1v) is 7.81. The van der Waals surface area contributed by atoms with E-state index in [1.54, 1.807) is 0 Å². The second kappa shape index (κ2) is 5.23. The highest BCUT2D eigenvalue weighted by Gasteiger charge is 2.42. The number of aromatic nitrogens is 1. The van der Waals surface area contributed by atoms with E-state index >= 15 is 0 Å². The van der Waals surface area contributed by atoms with Gasteiger partial charge >= 0.3 is 0 Å². The molecule has 1 aromatic heterocycles. The van der Waals surface area contributed by atoms with Crippen LogP contribution in [0.25, 0.3) is 0 Å². The van der Waals surface area contributed by atoms with Crippen LogP contribution in [-0.4, -0.2) is 28.0 Å². The molecule has 4 heteroatoms. The van der Waals surface area contributed by atoms with E-state index in [0.717, 1.165) is 22.9 Å². The number of aryl methyl sites for hydroxylation is 2. The molecule has 1 aromatic rings. The third-order valence-corrected chi connectivity index (χ3v) is 5.14. The van der Waals surface area contributed by atoms with Crippen molar-refractivity contribution < 1.29 is 9.32 Å². The summed E-state index contributed by atoms with van der Waals surface area (Å²) in [5, 5.41) is 3.95. The molecule has 1 amide bonds. The van der Waals surface area contributed by atoms with Gasteiger partial charge in [0.2, 0.25) is 5.91 Å². The minimum Gasteiger partial charge on any atom is -0.361 e. The Balaban J connectivity index is 1.76. The molecule has 1 aliphatic carbocycles. The normalized spacial score (nSPS) is 29.6. The van der Waals surface area contributed by atoms with E-state index in [9.17, 15) is 4.79 Å². The molecule has 0 radical (unpaired) electrons. The number of fused-ring (bicyclic) bond motifs is 1. The van der Waals surface area contributed by atoms with Crippen molar-refractivity contribution in [2.45, 2.75) is 71.4 Å². The van der Waals surface area contributed by atoms with Gasteiger partial charge in [0.1, 0.15) is 5.76 Å². The summed E-state index contributed by atoms with van der Waals surface area (Å²) in [7, 11) is 0. The molecule has 3 atom stereocenters. The standard InChI is InChI=1S/C16H24N2O2/c1-10-8-13-6-4-5-7-15(13)18(10)16(19)9-14-11(2)17-20-12(14)3/h10,13,15H,4-9H2,1-3H3/t10-,13+,15+/m1/s1. The fourth-order valence-electron chi connectivity index (χ4n) is 4.14. The number of amides is 1. The van der Waals surface area contributed by atoms with E-state index < -0.39 is 0 Å². The predicted octanol–water partition coefficient (Wildman–Crippen LogP) is 3.01. The Morgan fingerprint density at radius 2 is 2.10 bits per heavy atom. The van der Waals surface area contributed by atoms with E-state index in [1.165, 1.54) is 32.1 Å². The monoisotopic (exact) mass is 276 g/mol. The van der Waals surface area contributed by atoms with Crippen molar-refractivity contribution >= 4 is 5.91 Å². The molecule has 2 aliphatic rings. The van der Waals surface area contributed by atoms with Crippen molar-refractivity contribution in [3.05, 3.63) is 17.0 Å². The molecule has 0 unspecified atom stereocenters. The van der Waals surface area contributed by atoms with Crippen LogP contribution in [0.3, 0.4) is 0 Å². The third kappa shape index (κ3) is 2.25. The Kier molecular flexibility index (Phi) is 3.57. The van der Waals surface area contributed by atoms with E-state index in [1.807, 2.05) is 13.8 Å². The number of carbonyl (C=O) groups is 1. The maximum atomic E-state index is 12.7. The first-order valence-electron chi connectivity index (χ1n) is 7.81. The lowest BCUT2D eigenvalue weighted by molar-refractivity contribution is -0.133. The van der Waals surface area contributed by atoms with Crippen LogP contribution in [0.2, 0.25) is 0 Å². The van der Waals surface area contributed by atoms with E-state index in [2.05, 4.69) is 17.0 Å². The lowest BCUT2D eigenvalue weighted by Crippen LogP contribution is -2.43. The van der Waals surface area contributed by atoms with Gasteiger partial charge in [0.25, 0.3) is 0 Å². The molecule has 0 spiro atoms. The van der Waals surface area contributed by atoms with Crippen molar-refractivity contribution in [1.29, 1.82) is 0 Å². The summed E-state index contributed by atoms with van der Waals surface area (Å²) in [5.74, 6) is 1.76. The number of carbonyl (C=O) groups excluding carboxylic acids is 1. The van der Waals surface area contributed by atoms with Crippen LogP contribution in [-0.2, 0) is 11.2 Å². The fraction of sp³-hybridized carbons (Fsp3) is 0.750. The van der Waals surface area contributed by atoms with Crippen LogP contribution < -0.4 is 0 Å². The second-order valence-corrected chi connectivity index (χ2v) is 6.48. The quantitative estimate of drug-likeness (QED) is 0.834. The molecule has 2 heterocycles. The van der Waals surface area contributed by atoms with Crippen LogP contribution in [0.15, 0.2) is 4.52 Å². The summed E-state index contributed by atoms with van der Waals surface area (Å²) >= 11 is 0. The maximum Gasteiger partial charge on any atom is 0.227 e. The number of hydrogen-bond donors (Lipinski definition) is 0. The zero-order chi connectivity index (χ0) is 14.3. The average Bonchev–Trinajstić information content (AvgIpc) is 2.91. The van der Waals surface area contributed by atoms with Gasteiger partial charge in [-0.3, -0.25) is 4.79 Å². The van der Waals surface area contributed by atoms with Gasteiger partial charge in [-0.25, -0.2) is 0 Å². The van der Waals surface area contributed by atoms with Gasteiger partial charge in [-0.15, -0.1) is 0 Å². The smallest absolute Gasteiger partial charge is 0.227 e. The van der Waals surface area contributed by atoms with E-state index in [4.69, 9.17) is 4.52 Å². The molecule has 20 heavy (non-hydrogen) atoms. The Morgan fingerprint density at radius 1 is 1.35 bits per heavy atom. The van der Waals surface area contributed by atoms with Crippen molar-refractivity contribution in [2.24, 2.45) is 5.92 Å². The van der Waals surface area contributed by atoms with E-state index in [-0.39, 0.29) is 5.91 Å². The highest BCUT2D eigenvalue weighted by atomic mass is 16.5.